The van der Waals surface area contributed by atoms with Crippen molar-refractivity contribution in [2.24, 2.45) is 0 Å². The number of nitrogens with zero attached hydrogens (tertiary/aromatic N) is 1. The van der Waals surface area contributed by atoms with Gasteiger partial charge in [-0.3, -0.25) is 9.36 Å². The van der Waals surface area contributed by atoms with Gasteiger partial charge in [0.1, 0.15) is 17.1 Å². The van der Waals surface area contributed by atoms with E-state index < -0.39 is 21.7 Å². The summed E-state index contributed by atoms with van der Waals surface area (Å²) in [5.74, 6) is 1.25. The molecule has 0 saturated carbocycles. The third-order valence-corrected chi connectivity index (χ3v) is 7.65. The van der Waals surface area contributed by atoms with Crippen LogP contribution in [-0.2, 0) is 16.6 Å². The molecule has 0 bridgehead atoms. The Labute approximate surface area is 179 Å². The van der Waals surface area contributed by atoms with Crippen LogP contribution in [0.5, 0.6) is 11.5 Å². The van der Waals surface area contributed by atoms with Crippen molar-refractivity contribution in [3.05, 3.63) is 51.6 Å². The van der Waals surface area contributed by atoms with E-state index >= 15 is 0 Å². The molecule has 1 aromatic heterocycles. The molecule has 4 rings (SSSR count). The fourth-order valence-electron chi connectivity index (χ4n) is 3.83. The molecule has 9 heteroatoms. The SMILES string of the molecule is CCn1c(=O)sc2cc(S(=O)(=O)NC3CC(C)(C)Oc4cc(OC)ccc43)ccc21. The summed E-state index contributed by atoms with van der Waals surface area (Å²) in [4.78, 5) is 12.1. The van der Waals surface area contributed by atoms with Gasteiger partial charge in [0.05, 0.1) is 28.3 Å². The zero-order chi connectivity index (χ0) is 21.7. The molecule has 1 aliphatic heterocycles. The van der Waals surface area contributed by atoms with Crippen LogP contribution >= 0.6 is 11.3 Å². The summed E-state index contributed by atoms with van der Waals surface area (Å²) in [5, 5.41) is 0. The second-order valence-electron chi connectivity index (χ2n) is 7.89. The molecule has 0 spiro atoms. The molecule has 0 aliphatic carbocycles. The molecule has 0 radical (unpaired) electrons. The van der Waals surface area contributed by atoms with E-state index in [1.165, 1.54) is 0 Å². The van der Waals surface area contributed by atoms with Gasteiger partial charge in [-0.15, -0.1) is 0 Å². The van der Waals surface area contributed by atoms with E-state index in [0.717, 1.165) is 22.4 Å². The lowest BCUT2D eigenvalue weighted by atomic mass is 9.90. The number of rotatable bonds is 5. The minimum atomic E-state index is -3.81. The first-order chi connectivity index (χ1) is 14.1. The van der Waals surface area contributed by atoms with E-state index in [9.17, 15) is 13.2 Å². The van der Waals surface area contributed by atoms with Gasteiger partial charge in [0, 0.05) is 24.6 Å². The molecule has 160 valence electrons. The molecule has 1 N–H and O–H groups in total. The highest BCUT2D eigenvalue weighted by atomic mass is 32.2. The number of hydrogen-bond acceptors (Lipinski definition) is 6. The highest BCUT2D eigenvalue weighted by Gasteiger charge is 2.36. The van der Waals surface area contributed by atoms with E-state index in [1.54, 1.807) is 42.0 Å². The van der Waals surface area contributed by atoms with Crippen molar-refractivity contribution >= 4 is 31.6 Å². The Kier molecular flexibility index (Phi) is 5.16. The lowest BCUT2D eigenvalue weighted by Gasteiger charge is -2.37. The zero-order valence-corrected chi connectivity index (χ0v) is 18.9. The molecule has 2 aromatic carbocycles. The monoisotopic (exact) mass is 448 g/mol. The fraction of sp³-hybridized carbons (Fsp3) is 0.381. The van der Waals surface area contributed by atoms with E-state index in [4.69, 9.17) is 9.47 Å². The lowest BCUT2D eigenvalue weighted by Crippen LogP contribution is -2.41. The molecular formula is C21H24N2O5S2. The highest BCUT2D eigenvalue weighted by molar-refractivity contribution is 7.89. The van der Waals surface area contributed by atoms with Crippen molar-refractivity contribution in [2.75, 3.05) is 7.11 Å². The topological polar surface area (TPSA) is 86.6 Å². The van der Waals surface area contributed by atoms with Gasteiger partial charge in [-0.2, -0.15) is 0 Å². The quantitative estimate of drug-likeness (QED) is 0.644. The Morgan fingerprint density at radius 1 is 1.27 bits per heavy atom. The predicted octanol–water partition coefficient (Wildman–Crippen LogP) is 3.67. The third kappa shape index (κ3) is 3.73. The number of nitrogens with one attached hydrogen (secondary N) is 1. The van der Waals surface area contributed by atoms with Crippen molar-refractivity contribution < 1.29 is 17.9 Å². The van der Waals surface area contributed by atoms with Crippen LogP contribution in [0.25, 0.3) is 10.2 Å². The standard InChI is InChI=1S/C21H24N2O5S2/c1-5-23-17-9-7-14(11-19(17)29-20(23)24)30(25,26)22-16-12-21(2,3)28-18-10-13(27-4)6-8-15(16)18/h6-11,16,22H,5,12H2,1-4H3. The molecule has 3 aromatic rings. The van der Waals surface area contributed by atoms with Crippen molar-refractivity contribution in [3.8, 4) is 11.5 Å². The van der Waals surface area contributed by atoms with Crippen molar-refractivity contribution in [3.63, 3.8) is 0 Å². The molecule has 7 nitrogen and oxygen atoms in total. The summed E-state index contributed by atoms with van der Waals surface area (Å²) in [5.41, 5.74) is 0.964. The van der Waals surface area contributed by atoms with Crippen molar-refractivity contribution in [2.45, 2.75) is 50.3 Å². The number of methoxy groups -OCH3 is 1. The maximum Gasteiger partial charge on any atom is 0.308 e. The maximum absolute atomic E-state index is 13.2. The molecular weight excluding hydrogens is 424 g/mol. The third-order valence-electron chi connectivity index (χ3n) is 5.24. The Morgan fingerprint density at radius 2 is 2.03 bits per heavy atom. The number of ether oxygens (including phenoxy) is 2. The first-order valence-electron chi connectivity index (χ1n) is 9.66. The minimum Gasteiger partial charge on any atom is -0.497 e. The van der Waals surface area contributed by atoms with Crippen LogP contribution in [0.4, 0.5) is 0 Å². The summed E-state index contributed by atoms with van der Waals surface area (Å²) in [6, 6.07) is 9.74. The van der Waals surface area contributed by atoms with Crippen LogP contribution < -0.4 is 19.1 Å². The normalized spacial score (nSPS) is 18.1. The molecule has 30 heavy (non-hydrogen) atoms. The fourth-order valence-corrected chi connectivity index (χ4v) is 6.14. The van der Waals surface area contributed by atoms with Gasteiger partial charge in [0.2, 0.25) is 10.0 Å². The van der Waals surface area contributed by atoms with Gasteiger partial charge in [-0.05, 0) is 45.0 Å². The van der Waals surface area contributed by atoms with Crippen LogP contribution in [0, 0.1) is 0 Å². The Hall–Kier alpha value is -2.36. The van der Waals surface area contributed by atoms with E-state index in [1.807, 2.05) is 26.8 Å². The zero-order valence-electron chi connectivity index (χ0n) is 17.3. The first-order valence-corrected chi connectivity index (χ1v) is 12.0. The molecule has 1 unspecified atom stereocenters. The number of aryl methyl sites for hydroxylation is 1. The molecule has 2 heterocycles. The maximum atomic E-state index is 13.2. The summed E-state index contributed by atoms with van der Waals surface area (Å²) in [6.45, 7) is 6.28. The molecule has 1 atom stereocenters. The number of hydrogen-bond donors (Lipinski definition) is 1. The average molecular weight is 449 g/mol. The summed E-state index contributed by atoms with van der Waals surface area (Å²) >= 11 is 1.05. The van der Waals surface area contributed by atoms with Crippen molar-refractivity contribution in [1.29, 1.82) is 0 Å². The van der Waals surface area contributed by atoms with Gasteiger partial charge in [0.15, 0.2) is 0 Å². The number of aromatic nitrogens is 1. The highest BCUT2D eigenvalue weighted by Crippen LogP contribution is 2.41. The first kappa shape index (κ1) is 20.9. The second kappa shape index (κ2) is 7.40. The Balaban J connectivity index is 1.71. The molecule has 0 amide bonds. The molecule has 1 aliphatic rings. The van der Waals surface area contributed by atoms with Gasteiger partial charge < -0.3 is 9.47 Å². The number of fused-ring (bicyclic) bond motifs is 2. The summed E-state index contributed by atoms with van der Waals surface area (Å²) in [6.07, 6.45) is 0.480. The summed E-state index contributed by atoms with van der Waals surface area (Å²) in [7, 11) is -2.24. The van der Waals surface area contributed by atoms with Crippen LogP contribution in [0.2, 0.25) is 0 Å². The van der Waals surface area contributed by atoms with Gasteiger partial charge in [0.25, 0.3) is 0 Å². The van der Waals surface area contributed by atoms with E-state index in [-0.39, 0.29) is 9.77 Å². The van der Waals surface area contributed by atoms with Gasteiger partial charge >= 0.3 is 4.87 Å². The van der Waals surface area contributed by atoms with Crippen LogP contribution in [0.1, 0.15) is 38.8 Å². The Morgan fingerprint density at radius 3 is 2.73 bits per heavy atom. The van der Waals surface area contributed by atoms with Crippen molar-refractivity contribution in [1.82, 2.24) is 9.29 Å². The molecule has 0 saturated heterocycles. The number of thiazole rings is 1. The average Bonchev–Trinajstić information content (AvgIpc) is 3.00. The van der Waals surface area contributed by atoms with E-state index in [2.05, 4.69) is 4.72 Å². The van der Waals surface area contributed by atoms with Crippen LogP contribution in [0.15, 0.2) is 46.1 Å². The Bertz CT molecular complexity index is 1270. The van der Waals surface area contributed by atoms with Crippen LogP contribution in [0.3, 0.4) is 0 Å². The minimum absolute atomic E-state index is 0.0935. The van der Waals surface area contributed by atoms with E-state index in [0.29, 0.717) is 29.2 Å². The number of benzene rings is 2. The second-order valence-corrected chi connectivity index (χ2v) is 10.6. The van der Waals surface area contributed by atoms with Crippen LogP contribution in [-0.4, -0.2) is 25.7 Å². The molecule has 0 fully saturated rings. The summed E-state index contributed by atoms with van der Waals surface area (Å²) < 4.78 is 42.8. The lowest BCUT2D eigenvalue weighted by molar-refractivity contribution is 0.0699. The predicted molar refractivity (Wildman–Crippen MR) is 117 cm³/mol. The smallest absolute Gasteiger partial charge is 0.308 e. The van der Waals surface area contributed by atoms with Gasteiger partial charge in [-0.25, -0.2) is 13.1 Å². The number of sulfonamides is 1. The van der Waals surface area contributed by atoms with Gasteiger partial charge in [-0.1, -0.05) is 17.4 Å². The largest absolute Gasteiger partial charge is 0.497 e.